The lowest BCUT2D eigenvalue weighted by molar-refractivity contribution is 0.134. The third kappa shape index (κ3) is 3.38. The fraction of sp³-hybridized carbons (Fsp3) is 0.444. The highest BCUT2D eigenvalue weighted by Gasteiger charge is 2.28. The van der Waals surface area contributed by atoms with Gasteiger partial charge in [0.05, 0.1) is 12.0 Å². The number of imidazole rings is 1. The van der Waals surface area contributed by atoms with Gasteiger partial charge in [0.1, 0.15) is 11.8 Å². The number of aliphatic hydroxyl groups is 1. The van der Waals surface area contributed by atoms with Crippen molar-refractivity contribution in [2.75, 3.05) is 31.1 Å². The van der Waals surface area contributed by atoms with E-state index in [1.807, 2.05) is 19.1 Å². The summed E-state index contributed by atoms with van der Waals surface area (Å²) >= 11 is 0. The van der Waals surface area contributed by atoms with Crippen molar-refractivity contribution in [3.63, 3.8) is 0 Å². The molecule has 0 aromatic carbocycles. The SMILES string of the molecule is Cc1cccc(CN2CCN(c3ncnc4nc[nH]c34)C[C@H]2CCO)n1. The second kappa shape index (κ2) is 7.35. The van der Waals surface area contributed by atoms with Gasteiger partial charge in [-0.1, -0.05) is 6.07 Å². The molecule has 2 N–H and O–H groups in total. The fourth-order valence-electron chi connectivity index (χ4n) is 3.60. The van der Waals surface area contributed by atoms with E-state index in [9.17, 15) is 5.11 Å². The summed E-state index contributed by atoms with van der Waals surface area (Å²) in [5.41, 5.74) is 3.64. The van der Waals surface area contributed by atoms with E-state index in [1.54, 1.807) is 12.7 Å². The molecule has 136 valence electrons. The van der Waals surface area contributed by atoms with Crippen molar-refractivity contribution in [1.29, 1.82) is 0 Å². The number of aromatic nitrogens is 5. The summed E-state index contributed by atoms with van der Waals surface area (Å²) in [7, 11) is 0. The van der Waals surface area contributed by atoms with Crippen LogP contribution >= 0.6 is 0 Å². The zero-order valence-electron chi connectivity index (χ0n) is 14.8. The number of piperazine rings is 1. The first-order valence-corrected chi connectivity index (χ1v) is 8.91. The largest absolute Gasteiger partial charge is 0.396 e. The van der Waals surface area contributed by atoms with Crippen LogP contribution in [0.2, 0.25) is 0 Å². The molecule has 3 aromatic rings. The summed E-state index contributed by atoms with van der Waals surface area (Å²) in [6.07, 6.45) is 3.93. The van der Waals surface area contributed by atoms with Gasteiger partial charge in [-0.3, -0.25) is 9.88 Å². The van der Waals surface area contributed by atoms with Crippen LogP contribution in [0, 0.1) is 6.92 Å². The zero-order chi connectivity index (χ0) is 17.9. The molecule has 4 rings (SSSR count). The molecule has 1 fully saturated rings. The van der Waals surface area contributed by atoms with Crippen LogP contribution in [0.4, 0.5) is 5.82 Å². The number of aliphatic hydroxyl groups excluding tert-OH is 1. The van der Waals surface area contributed by atoms with Crippen LogP contribution in [0.1, 0.15) is 17.8 Å². The van der Waals surface area contributed by atoms with E-state index in [0.29, 0.717) is 5.65 Å². The van der Waals surface area contributed by atoms with Crippen molar-refractivity contribution in [2.45, 2.75) is 25.9 Å². The quantitative estimate of drug-likeness (QED) is 0.710. The molecule has 8 nitrogen and oxygen atoms in total. The number of rotatable bonds is 5. The molecule has 3 aromatic heterocycles. The Morgan fingerprint density at radius 1 is 1.23 bits per heavy atom. The van der Waals surface area contributed by atoms with Crippen molar-refractivity contribution in [1.82, 2.24) is 29.8 Å². The molecule has 1 saturated heterocycles. The lowest BCUT2D eigenvalue weighted by atomic mass is 10.1. The smallest absolute Gasteiger partial charge is 0.182 e. The summed E-state index contributed by atoms with van der Waals surface area (Å²) in [5, 5.41) is 9.54. The van der Waals surface area contributed by atoms with Gasteiger partial charge < -0.3 is 15.0 Å². The minimum absolute atomic E-state index is 0.166. The number of nitrogens with zero attached hydrogens (tertiary/aromatic N) is 6. The van der Waals surface area contributed by atoms with Gasteiger partial charge in [-0.2, -0.15) is 0 Å². The van der Waals surface area contributed by atoms with Gasteiger partial charge in [-0.05, 0) is 25.5 Å². The van der Waals surface area contributed by atoms with Crippen LogP contribution in [0.25, 0.3) is 11.2 Å². The molecule has 4 heterocycles. The van der Waals surface area contributed by atoms with Gasteiger partial charge in [-0.15, -0.1) is 0 Å². The number of pyridine rings is 1. The number of aromatic amines is 1. The van der Waals surface area contributed by atoms with Crippen molar-refractivity contribution in [3.05, 3.63) is 42.2 Å². The molecule has 0 radical (unpaired) electrons. The van der Waals surface area contributed by atoms with Crippen molar-refractivity contribution in [3.8, 4) is 0 Å². The highest BCUT2D eigenvalue weighted by atomic mass is 16.3. The van der Waals surface area contributed by atoms with Crippen molar-refractivity contribution >= 4 is 17.0 Å². The molecule has 0 spiro atoms. The number of anilines is 1. The predicted molar refractivity (Wildman–Crippen MR) is 98.8 cm³/mol. The highest BCUT2D eigenvalue weighted by molar-refractivity contribution is 5.82. The predicted octanol–water partition coefficient (Wildman–Crippen LogP) is 1.13. The molecule has 1 aliphatic rings. The Hall–Kier alpha value is -2.58. The van der Waals surface area contributed by atoms with Crippen LogP contribution in [0.15, 0.2) is 30.9 Å². The van der Waals surface area contributed by atoms with Gasteiger partial charge in [-0.25, -0.2) is 15.0 Å². The topological polar surface area (TPSA) is 94.1 Å². The molecule has 26 heavy (non-hydrogen) atoms. The van der Waals surface area contributed by atoms with Crippen molar-refractivity contribution in [2.24, 2.45) is 0 Å². The number of aryl methyl sites for hydroxylation is 1. The summed E-state index contributed by atoms with van der Waals surface area (Å²) in [4.78, 5) is 25.3. The Balaban J connectivity index is 1.53. The Labute approximate surface area is 151 Å². The van der Waals surface area contributed by atoms with Crippen LogP contribution in [0.3, 0.4) is 0 Å². The van der Waals surface area contributed by atoms with Crippen LogP contribution in [0.5, 0.6) is 0 Å². The monoisotopic (exact) mass is 353 g/mol. The first-order valence-electron chi connectivity index (χ1n) is 8.91. The average molecular weight is 353 g/mol. The second-order valence-corrected chi connectivity index (χ2v) is 6.65. The second-order valence-electron chi connectivity index (χ2n) is 6.65. The fourth-order valence-corrected chi connectivity index (χ4v) is 3.60. The normalized spacial score (nSPS) is 18.5. The number of hydrogen-bond acceptors (Lipinski definition) is 7. The molecule has 0 aliphatic carbocycles. The maximum atomic E-state index is 9.54. The molecule has 0 unspecified atom stereocenters. The van der Waals surface area contributed by atoms with E-state index in [2.05, 4.69) is 40.8 Å². The average Bonchev–Trinajstić information content (AvgIpc) is 3.12. The van der Waals surface area contributed by atoms with E-state index in [-0.39, 0.29) is 12.6 Å². The molecular formula is C18H23N7O. The maximum absolute atomic E-state index is 9.54. The number of nitrogens with one attached hydrogen (secondary N) is 1. The highest BCUT2D eigenvalue weighted by Crippen LogP contribution is 2.24. The maximum Gasteiger partial charge on any atom is 0.182 e. The van der Waals surface area contributed by atoms with Crippen molar-refractivity contribution < 1.29 is 5.11 Å². The zero-order valence-corrected chi connectivity index (χ0v) is 14.8. The molecule has 0 bridgehead atoms. The molecular weight excluding hydrogens is 330 g/mol. The minimum Gasteiger partial charge on any atom is -0.396 e. The van der Waals surface area contributed by atoms with Gasteiger partial charge in [0, 0.05) is 44.5 Å². The van der Waals surface area contributed by atoms with Gasteiger partial charge in [0.15, 0.2) is 11.5 Å². The third-order valence-electron chi connectivity index (χ3n) is 4.88. The Kier molecular flexibility index (Phi) is 4.77. The molecule has 1 aliphatic heterocycles. The molecule has 0 amide bonds. The summed E-state index contributed by atoms with van der Waals surface area (Å²) < 4.78 is 0. The first kappa shape index (κ1) is 16.9. The molecule has 0 saturated carbocycles. The minimum atomic E-state index is 0.166. The summed E-state index contributed by atoms with van der Waals surface area (Å²) in [5.74, 6) is 0.878. The van der Waals surface area contributed by atoms with E-state index in [1.165, 1.54) is 0 Å². The summed E-state index contributed by atoms with van der Waals surface area (Å²) in [6.45, 7) is 5.52. The summed E-state index contributed by atoms with van der Waals surface area (Å²) in [6, 6.07) is 6.36. The third-order valence-corrected chi connectivity index (χ3v) is 4.88. The number of fused-ring (bicyclic) bond motifs is 1. The first-order chi connectivity index (χ1) is 12.7. The van der Waals surface area contributed by atoms with Gasteiger partial charge in [0.2, 0.25) is 0 Å². The number of hydrogen-bond donors (Lipinski definition) is 2. The van der Waals surface area contributed by atoms with Crippen LogP contribution in [-0.2, 0) is 6.54 Å². The molecule has 8 heteroatoms. The Morgan fingerprint density at radius 3 is 3.00 bits per heavy atom. The van der Waals surface area contributed by atoms with Gasteiger partial charge >= 0.3 is 0 Å². The Morgan fingerprint density at radius 2 is 2.15 bits per heavy atom. The van der Waals surface area contributed by atoms with Crippen LogP contribution in [-0.4, -0.2) is 67.2 Å². The Bertz CT molecular complexity index is 881. The van der Waals surface area contributed by atoms with Crippen LogP contribution < -0.4 is 4.90 Å². The van der Waals surface area contributed by atoms with E-state index in [4.69, 9.17) is 0 Å². The van der Waals surface area contributed by atoms with E-state index in [0.717, 1.165) is 55.3 Å². The lowest BCUT2D eigenvalue weighted by Crippen LogP contribution is -2.53. The lowest BCUT2D eigenvalue weighted by Gasteiger charge is -2.41. The van der Waals surface area contributed by atoms with E-state index >= 15 is 0 Å². The van der Waals surface area contributed by atoms with Gasteiger partial charge in [0.25, 0.3) is 0 Å². The standard InChI is InChI=1S/C18H23N7O/c1-13-3-2-4-14(23-13)9-24-6-7-25(10-15(24)5-8-26)18-16-17(20-11-19-16)21-12-22-18/h2-4,11-12,15,26H,5-10H2,1H3,(H,19,20,21,22)/t15-/m1/s1. The number of H-pyrrole nitrogens is 1. The molecule has 1 atom stereocenters. The van der Waals surface area contributed by atoms with E-state index < -0.39 is 0 Å².